The van der Waals surface area contributed by atoms with E-state index in [1.54, 1.807) is 42.5 Å². The zero-order chi connectivity index (χ0) is 21.9. The zero-order valence-electron chi connectivity index (χ0n) is 17.6. The predicted molar refractivity (Wildman–Crippen MR) is 119 cm³/mol. The van der Waals surface area contributed by atoms with Crippen molar-refractivity contribution in [3.05, 3.63) is 53.6 Å². The fourth-order valence-electron chi connectivity index (χ4n) is 2.79. The van der Waals surface area contributed by atoms with Crippen molar-refractivity contribution >= 4 is 17.5 Å². The van der Waals surface area contributed by atoms with Crippen molar-refractivity contribution in [2.75, 3.05) is 18.5 Å². The standard InChI is InChI=1S/C23H31N3O4/c1-3-5-13-29-19-12-9-17(15-20(19)30-14-6-4-2)21(23(27)28)26-18-10-7-16(8-11-18)22(24)25/h7-12,15,21,26H,3-6,13-14H2,1-2H3,(H3,24,25)(H,27,28). The number of unbranched alkanes of at least 4 members (excludes halogenated alkanes) is 2. The molecule has 0 aliphatic rings. The number of aliphatic carboxylic acids is 1. The van der Waals surface area contributed by atoms with Crippen molar-refractivity contribution in [3.8, 4) is 11.5 Å². The highest BCUT2D eigenvalue weighted by Gasteiger charge is 2.22. The molecule has 30 heavy (non-hydrogen) atoms. The summed E-state index contributed by atoms with van der Waals surface area (Å²) in [5, 5.41) is 20.3. The molecule has 0 amide bonds. The van der Waals surface area contributed by atoms with Gasteiger partial charge < -0.3 is 25.6 Å². The summed E-state index contributed by atoms with van der Waals surface area (Å²) < 4.78 is 11.7. The van der Waals surface area contributed by atoms with Crippen LogP contribution in [0.4, 0.5) is 5.69 Å². The molecule has 162 valence electrons. The lowest BCUT2D eigenvalue weighted by Gasteiger charge is -2.19. The lowest BCUT2D eigenvalue weighted by molar-refractivity contribution is -0.138. The Morgan fingerprint density at radius 2 is 1.63 bits per heavy atom. The molecule has 0 radical (unpaired) electrons. The van der Waals surface area contributed by atoms with Crippen LogP contribution in [0.1, 0.15) is 56.7 Å². The minimum Gasteiger partial charge on any atom is -0.490 e. The van der Waals surface area contributed by atoms with E-state index in [0.717, 1.165) is 25.7 Å². The second kappa shape index (κ2) is 11.7. The normalized spacial score (nSPS) is 11.5. The van der Waals surface area contributed by atoms with Gasteiger partial charge in [0.05, 0.1) is 13.2 Å². The van der Waals surface area contributed by atoms with Crippen molar-refractivity contribution in [3.63, 3.8) is 0 Å². The predicted octanol–water partition coefficient (Wildman–Crippen LogP) is 4.57. The smallest absolute Gasteiger partial charge is 0.330 e. The number of hydrogen-bond acceptors (Lipinski definition) is 5. The van der Waals surface area contributed by atoms with E-state index in [2.05, 4.69) is 19.2 Å². The SMILES string of the molecule is CCCCOc1ccc(C(Nc2ccc(C(=N)N)cc2)C(=O)O)cc1OCCCC. The first-order valence-corrected chi connectivity index (χ1v) is 10.3. The van der Waals surface area contributed by atoms with Crippen LogP contribution in [0, 0.1) is 5.41 Å². The van der Waals surface area contributed by atoms with Crippen LogP contribution in [0.2, 0.25) is 0 Å². The molecule has 2 rings (SSSR count). The Morgan fingerprint density at radius 3 is 2.17 bits per heavy atom. The second-order valence-electron chi connectivity index (χ2n) is 7.02. The molecule has 2 aromatic carbocycles. The van der Waals surface area contributed by atoms with Crippen molar-refractivity contribution in [2.45, 2.75) is 45.6 Å². The Bertz CT molecular complexity index is 837. The molecule has 1 atom stereocenters. The molecule has 2 aromatic rings. The molecular weight excluding hydrogens is 382 g/mol. The van der Waals surface area contributed by atoms with Crippen LogP contribution in [0.3, 0.4) is 0 Å². The number of nitrogen functional groups attached to an aromatic ring is 1. The van der Waals surface area contributed by atoms with Crippen LogP contribution in [0.5, 0.6) is 11.5 Å². The lowest BCUT2D eigenvalue weighted by Crippen LogP contribution is -2.21. The Kier molecular flexibility index (Phi) is 9.00. The summed E-state index contributed by atoms with van der Waals surface area (Å²) in [5.41, 5.74) is 7.23. The summed E-state index contributed by atoms with van der Waals surface area (Å²) in [4.78, 5) is 12.0. The Labute approximate surface area is 177 Å². The third-order valence-electron chi connectivity index (χ3n) is 4.57. The summed E-state index contributed by atoms with van der Waals surface area (Å²) in [6.45, 7) is 5.31. The van der Waals surface area contributed by atoms with Crippen LogP contribution in [0.15, 0.2) is 42.5 Å². The molecule has 0 aliphatic carbocycles. The molecule has 0 fully saturated rings. The fraction of sp³-hybridized carbons (Fsp3) is 0.391. The van der Waals surface area contributed by atoms with Crippen LogP contribution in [0.25, 0.3) is 0 Å². The molecule has 0 saturated carbocycles. The van der Waals surface area contributed by atoms with Gasteiger partial charge in [-0.3, -0.25) is 5.41 Å². The van der Waals surface area contributed by atoms with E-state index in [4.69, 9.17) is 20.6 Å². The summed E-state index contributed by atoms with van der Waals surface area (Å²) in [6.07, 6.45) is 3.87. The van der Waals surface area contributed by atoms with E-state index in [1.807, 2.05) is 0 Å². The minimum atomic E-state index is -1.01. The van der Waals surface area contributed by atoms with E-state index in [0.29, 0.717) is 41.5 Å². The van der Waals surface area contributed by atoms with Gasteiger partial charge in [-0.25, -0.2) is 4.79 Å². The monoisotopic (exact) mass is 413 g/mol. The van der Waals surface area contributed by atoms with Crippen LogP contribution >= 0.6 is 0 Å². The maximum atomic E-state index is 12.0. The van der Waals surface area contributed by atoms with Gasteiger partial charge in [0.2, 0.25) is 0 Å². The Balaban J connectivity index is 2.25. The van der Waals surface area contributed by atoms with Crippen molar-refractivity contribution in [1.29, 1.82) is 5.41 Å². The van der Waals surface area contributed by atoms with Crippen LogP contribution in [-0.4, -0.2) is 30.1 Å². The molecule has 0 saturated heterocycles. The van der Waals surface area contributed by atoms with E-state index in [1.165, 1.54) is 0 Å². The summed E-state index contributed by atoms with van der Waals surface area (Å²) in [6, 6.07) is 11.0. The maximum absolute atomic E-state index is 12.0. The summed E-state index contributed by atoms with van der Waals surface area (Å²) in [5.74, 6) is 0.129. The van der Waals surface area contributed by atoms with Crippen LogP contribution in [-0.2, 0) is 4.79 Å². The third kappa shape index (κ3) is 6.69. The number of nitrogens with two attached hydrogens (primary N) is 1. The highest BCUT2D eigenvalue weighted by molar-refractivity contribution is 5.95. The number of amidine groups is 1. The number of anilines is 1. The number of carboxylic acid groups (broad SMARTS) is 1. The molecule has 0 aliphatic heterocycles. The Hall–Kier alpha value is -3.22. The number of nitrogens with one attached hydrogen (secondary N) is 2. The number of benzene rings is 2. The molecule has 7 heteroatoms. The van der Waals surface area contributed by atoms with Gasteiger partial charge in [0.1, 0.15) is 5.84 Å². The van der Waals surface area contributed by atoms with Gasteiger partial charge in [-0.2, -0.15) is 0 Å². The zero-order valence-corrected chi connectivity index (χ0v) is 17.6. The first-order valence-electron chi connectivity index (χ1n) is 10.3. The molecule has 0 aromatic heterocycles. The molecule has 0 bridgehead atoms. The quantitative estimate of drug-likeness (QED) is 0.217. The van der Waals surface area contributed by atoms with Gasteiger partial charge >= 0.3 is 5.97 Å². The van der Waals surface area contributed by atoms with Gasteiger partial charge in [-0.1, -0.05) is 32.8 Å². The lowest BCUT2D eigenvalue weighted by atomic mass is 10.1. The molecule has 7 nitrogen and oxygen atoms in total. The summed E-state index contributed by atoms with van der Waals surface area (Å²) >= 11 is 0. The number of hydrogen-bond donors (Lipinski definition) is 4. The average Bonchev–Trinajstić information content (AvgIpc) is 2.73. The molecule has 0 spiro atoms. The van der Waals surface area contributed by atoms with Crippen LogP contribution < -0.4 is 20.5 Å². The largest absolute Gasteiger partial charge is 0.490 e. The second-order valence-corrected chi connectivity index (χ2v) is 7.02. The molecule has 1 unspecified atom stereocenters. The molecule has 0 heterocycles. The maximum Gasteiger partial charge on any atom is 0.330 e. The van der Waals surface area contributed by atoms with Crippen molar-refractivity contribution in [2.24, 2.45) is 5.73 Å². The topological polar surface area (TPSA) is 118 Å². The Morgan fingerprint density at radius 1 is 1.03 bits per heavy atom. The molecular formula is C23H31N3O4. The van der Waals surface area contributed by atoms with E-state index in [-0.39, 0.29) is 5.84 Å². The number of ether oxygens (including phenoxy) is 2. The fourth-order valence-corrected chi connectivity index (χ4v) is 2.79. The van der Waals surface area contributed by atoms with Gasteiger partial charge in [-0.15, -0.1) is 0 Å². The highest BCUT2D eigenvalue weighted by atomic mass is 16.5. The van der Waals surface area contributed by atoms with E-state index < -0.39 is 12.0 Å². The van der Waals surface area contributed by atoms with Crippen molar-refractivity contribution < 1.29 is 19.4 Å². The van der Waals surface area contributed by atoms with Gasteiger partial charge in [0.15, 0.2) is 17.5 Å². The first kappa shape index (κ1) is 23.1. The number of carbonyl (C=O) groups is 1. The molecule has 5 N–H and O–H groups in total. The highest BCUT2D eigenvalue weighted by Crippen LogP contribution is 2.32. The van der Waals surface area contributed by atoms with E-state index in [9.17, 15) is 9.90 Å². The van der Waals surface area contributed by atoms with Crippen molar-refractivity contribution in [1.82, 2.24) is 0 Å². The van der Waals surface area contributed by atoms with Gasteiger partial charge in [-0.05, 0) is 54.8 Å². The van der Waals surface area contributed by atoms with E-state index >= 15 is 0 Å². The average molecular weight is 414 g/mol. The summed E-state index contributed by atoms with van der Waals surface area (Å²) in [7, 11) is 0. The third-order valence-corrected chi connectivity index (χ3v) is 4.57. The first-order chi connectivity index (χ1) is 14.5. The number of rotatable bonds is 13. The number of carboxylic acids is 1. The van der Waals surface area contributed by atoms with Gasteiger partial charge in [0.25, 0.3) is 0 Å². The van der Waals surface area contributed by atoms with Gasteiger partial charge in [0, 0.05) is 11.3 Å². The minimum absolute atomic E-state index is 0.0381.